The molecule has 1 saturated carbocycles. The van der Waals surface area contributed by atoms with E-state index in [1.165, 1.54) is 12.1 Å². The van der Waals surface area contributed by atoms with Gasteiger partial charge in [0, 0.05) is 5.56 Å². The molecule has 3 N–H and O–H groups in total. The average Bonchev–Trinajstić information content (AvgIpc) is 2.61. The highest BCUT2D eigenvalue weighted by Gasteiger charge is 2.28. The number of benzene rings is 2. The minimum Gasteiger partial charge on any atom is -0.508 e. The van der Waals surface area contributed by atoms with Crippen molar-refractivity contribution in [1.82, 2.24) is 0 Å². The van der Waals surface area contributed by atoms with Crippen LogP contribution in [-0.2, 0) is 0 Å². The summed E-state index contributed by atoms with van der Waals surface area (Å²) < 4.78 is 0. The molecule has 3 rings (SSSR count). The molecule has 0 atom stereocenters. The van der Waals surface area contributed by atoms with E-state index in [-0.39, 0.29) is 22.6 Å². The monoisotopic (exact) mass is 367 g/mol. The molecular weight excluding hydrogens is 342 g/mol. The summed E-state index contributed by atoms with van der Waals surface area (Å²) >= 11 is 0. The Morgan fingerprint density at radius 3 is 2.41 bits per heavy atom. The number of hydrogen-bond acceptors (Lipinski definition) is 3. The molecule has 1 fully saturated rings. The number of amides is 1. The number of nitrogens with one attached hydrogen (secondary N) is 1. The van der Waals surface area contributed by atoms with Crippen LogP contribution in [0.3, 0.4) is 0 Å². The normalized spacial score (nSPS) is 16.7. The number of anilines is 1. The molecule has 0 radical (unpaired) electrons. The fraction of sp³-hybridized carbons (Fsp3) is 0.364. The van der Waals surface area contributed by atoms with Crippen LogP contribution in [0.4, 0.5) is 5.69 Å². The molecule has 0 bridgehead atoms. The lowest BCUT2D eigenvalue weighted by atomic mass is 9.71. The Kier molecular flexibility index (Phi) is 5.22. The van der Waals surface area contributed by atoms with Gasteiger partial charge in [0.2, 0.25) is 0 Å². The summed E-state index contributed by atoms with van der Waals surface area (Å²) in [6, 6.07) is 11.2. The second-order valence-electron chi connectivity index (χ2n) is 8.05. The van der Waals surface area contributed by atoms with Gasteiger partial charge in [-0.1, -0.05) is 26.0 Å². The van der Waals surface area contributed by atoms with Gasteiger partial charge in [0.05, 0.1) is 11.3 Å². The van der Waals surface area contributed by atoms with E-state index in [0.717, 1.165) is 31.2 Å². The number of carboxylic acids is 1. The van der Waals surface area contributed by atoms with E-state index < -0.39 is 11.9 Å². The standard InChI is InChI=1S/C22H25NO4/c1-22(2)10-8-14(9-11-22)15-6-7-18(21(26)27)19(13-15)23-20(25)16-4-3-5-17(24)12-16/h3-7,12-14,24H,8-11H2,1-2H3,(H,23,25)(H,26,27). The number of phenols is 1. The lowest BCUT2D eigenvalue weighted by Gasteiger charge is -2.34. The van der Waals surface area contributed by atoms with Gasteiger partial charge < -0.3 is 15.5 Å². The van der Waals surface area contributed by atoms with Gasteiger partial charge in [-0.25, -0.2) is 4.79 Å². The second-order valence-corrected chi connectivity index (χ2v) is 8.05. The number of carbonyl (C=O) groups is 2. The molecule has 142 valence electrons. The lowest BCUT2D eigenvalue weighted by molar-refractivity contribution is 0.0698. The van der Waals surface area contributed by atoms with Crippen LogP contribution in [-0.4, -0.2) is 22.1 Å². The molecular formula is C22H25NO4. The molecule has 0 saturated heterocycles. The number of carbonyl (C=O) groups excluding carboxylic acids is 1. The first-order valence-electron chi connectivity index (χ1n) is 9.23. The molecule has 0 aromatic heterocycles. The fourth-order valence-electron chi connectivity index (χ4n) is 3.68. The van der Waals surface area contributed by atoms with Gasteiger partial charge in [-0.05, 0) is 72.9 Å². The molecule has 5 nitrogen and oxygen atoms in total. The molecule has 0 spiro atoms. The summed E-state index contributed by atoms with van der Waals surface area (Å²) in [6.45, 7) is 4.55. The van der Waals surface area contributed by atoms with Crippen LogP contribution < -0.4 is 5.32 Å². The number of aromatic carboxylic acids is 1. The Morgan fingerprint density at radius 2 is 1.78 bits per heavy atom. The number of phenolic OH excluding ortho intramolecular Hbond substituents is 1. The maximum atomic E-state index is 12.5. The Bertz CT molecular complexity index is 862. The van der Waals surface area contributed by atoms with Gasteiger partial charge >= 0.3 is 5.97 Å². The Balaban J connectivity index is 1.86. The molecule has 0 aliphatic heterocycles. The van der Waals surface area contributed by atoms with Crippen molar-refractivity contribution in [3.63, 3.8) is 0 Å². The van der Waals surface area contributed by atoms with E-state index in [1.54, 1.807) is 24.3 Å². The predicted molar refractivity (Wildman–Crippen MR) is 104 cm³/mol. The first-order chi connectivity index (χ1) is 12.7. The first-order valence-corrected chi connectivity index (χ1v) is 9.23. The van der Waals surface area contributed by atoms with Crippen molar-refractivity contribution in [2.75, 3.05) is 5.32 Å². The van der Waals surface area contributed by atoms with E-state index in [2.05, 4.69) is 19.2 Å². The van der Waals surface area contributed by atoms with Crippen molar-refractivity contribution < 1.29 is 19.8 Å². The van der Waals surface area contributed by atoms with E-state index in [1.807, 2.05) is 6.07 Å². The van der Waals surface area contributed by atoms with Crippen molar-refractivity contribution in [3.8, 4) is 5.75 Å². The van der Waals surface area contributed by atoms with E-state index in [4.69, 9.17) is 0 Å². The van der Waals surface area contributed by atoms with Crippen molar-refractivity contribution in [1.29, 1.82) is 0 Å². The van der Waals surface area contributed by atoms with E-state index >= 15 is 0 Å². The summed E-state index contributed by atoms with van der Waals surface area (Å²) in [7, 11) is 0. The third-order valence-corrected chi connectivity index (χ3v) is 5.44. The highest BCUT2D eigenvalue weighted by Crippen LogP contribution is 2.43. The van der Waals surface area contributed by atoms with Gasteiger partial charge in [0.1, 0.15) is 5.75 Å². The molecule has 5 heteroatoms. The number of carboxylic acid groups (broad SMARTS) is 1. The zero-order chi connectivity index (χ0) is 19.6. The summed E-state index contributed by atoms with van der Waals surface area (Å²) in [4.78, 5) is 24.1. The Morgan fingerprint density at radius 1 is 1.07 bits per heavy atom. The topological polar surface area (TPSA) is 86.6 Å². The minimum absolute atomic E-state index is 0.0142. The largest absolute Gasteiger partial charge is 0.508 e. The molecule has 0 unspecified atom stereocenters. The van der Waals surface area contributed by atoms with Crippen molar-refractivity contribution in [2.24, 2.45) is 5.41 Å². The number of hydrogen-bond donors (Lipinski definition) is 3. The van der Waals surface area contributed by atoms with E-state index in [9.17, 15) is 19.8 Å². The second kappa shape index (κ2) is 7.43. The SMILES string of the molecule is CC1(C)CCC(c2ccc(C(=O)O)c(NC(=O)c3cccc(O)c3)c2)CC1. The van der Waals surface area contributed by atoms with Crippen LogP contribution in [0, 0.1) is 5.41 Å². The smallest absolute Gasteiger partial charge is 0.337 e. The van der Waals surface area contributed by atoms with Crippen molar-refractivity contribution >= 4 is 17.6 Å². The van der Waals surface area contributed by atoms with Crippen LogP contribution in [0.25, 0.3) is 0 Å². The van der Waals surface area contributed by atoms with Crippen LogP contribution in [0.5, 0.6) is 5.75 Å². The van der Waals surface area contributed by atoms with Crippen molar-refractivity contribution in [2.45, 2.75) is 45.4 Å². The van der Waals surface area contributed by atoms with Crippen LogP contribution in [0.1, 0.15) is 71.7 Å². The van der Waals surface area contributed by atoms with Crippen LogP contribution in [0.2, 0.25) is 0 Å². The maximum Gasteiger partial charge on any atom is 0.337 e. The Labute approximate surface area is 159 Å². The minimum atomic E-state index is -1.09. The predicted octanol–water partition coefficient (Wildman–Crippen LogP) is 5.03. The average molecular weight is 367 g/mol. The molecule has 2 aromatic carbocycles. The van der Waals surface area contributed by atoms with Gasteiger partial charge in [-0.2, -0.15) is 0 Å². The van der Waals surface area contributed by atoms with Crippen LogP contribution in [0.15, 0.2) is 42.5 Å². The fourth-order valence-corrected chi connectivity index (χ4v) is 3.68. The first kappa shape index (κ1) is 19.0. The van der Waals surface area contributed by atoms with E-state index in [0.29, 0.717) is 11.3 Å². The summed E-state index contributed by atoms with van der Waals surface area (Å²) in [6.07, 6.45) is 4.37. The molecule has 0 heterocycles. The molecule has 1 aliphatic carbocycles. The summed E-state index contributed by atoms with van der Waals surface area (Å²) in [5, 5.41) is 21.7. The van der Waals surface area contributed by atoms with Gasteiger partial charge in [-0.15, -0.1) is 0 Å². The Hall–Kier alpha value is -2.82. The van der Waals surface area contributed by atoms with Crippen molar-refractivity contribution in [3.05, 3.63) is 59.2 Å². The third kappa shape index (κ3) is 4.48. The highest BCUT2D eigenvalue weighted by atomic mass is 16.4. The summed E-state index contributed by atoms with van der Waals surface area (Å²) in [5.41, 5.74) is 2.03. The van der Waals surface area contributed by atoms with Gasteiger partial charge in [0.25, 0.3) is 5.91 Å². The third-order valence-electron chi connectivity index (χ3n) is 5.44. The van der Waals surface area contributed by atoms with Crippen LogP contribution >= 0.6 is 0 Å². The van der Waals surface area contributed by atoms with Gasteiger partial charge in [0.15, 0.2) is 0 Å². The highest BCUT2D eigenvalue weighted by molar-refractivity contribution is 6.08. The number of aromatic hydroxyl groups is 1. The zero-order valence-electron chi connectivity index (χ0n) is 15.7. The lowest BCUT2D eigenvalue weighted by Crippen LogP contribution is -2.20. The zero-order valence-corrected chi connectivity index (χ0v) is 15.7. The maximum absolute atomic E-state index is 12.5. The molecule has 1 aliphatic rings. The molecule has 1 amide bonds. The van der Waals surface area contributed by atoms with Gasteiger partial charge in [-0.3, -0.25) is 4.79 Å². The molecule has 27 heavy (non-hydrogen) atoms. The quantitative estimate of drug-likeness (QED) is 0.707. The number of rotatable bonds is 4. The molecule has 2 aromatic rings. The summed E-state index contributed by atoms with van der Waals surface area (Å²) in [5.74, 6) is -1.18.